The predicted molar refractivity (Wildman–Crippen MR) is 66.4 cm³/mol. The van der Waals surface area contributed by atoms with Crippen LogP contribution < -0.4 is 0 Å². The van der Waals surface area contributed by atoms with Crippen molar-refractivity contribution in [1.29, 1.82) is 0 Å². The summed E-state index contributed by atoms with van der Waals surface area (Å²) in [6.45, 7) is 8.80. The van der Waals surface area contributed by atoms with E-state index < -0.39 is 23.8 Å². The summed E-state index contributed by atoms with van der Waals surface area (Å²) >= 11 is 0. The summed E-state index contributed by atoms with van der Waals surface area (Å²) in [6, 6.07) is 0. The molecular formula is C14H21F3O2. The molecule has 0 aromatic carbocycles. The molecule has 0 unspecified atom stereocenters. The van der Waals surface area contributed by atoms with Crippen molar-refractivity contribution in [2.75, 3.05) is 0 Å². The Morgan fingerprint density at radius 3 is 2.37 bits per heavy atom. The van der Waals surface area contributed by atoms with E-state index in [-0.39, 0.29) is 11.8 Å². The van der Waals surface area contributed by atoms with E-state index in [1.807, 2.05) is 20.8 Å². The van der Waals surface area contributed by atoms with E-state index in [4.69, 9.17) is 4.74 Å². The molecule has 0 aliphatic heterocycles. The first-order chi connectivity index (χ1) is 8.62. The average Bonchev–Trinajstić information content (AvgIpc) is 2.26. The van der Waals surface area contributed by atoms with Crippen molar-refractivity contribution in [3.8, 4) is 0 Å². The van der Waals surface area contributed by atoms with Crippen LogP contribution in [0, 0.1) is 17.8 Å². The molecular weight excluding hydrogens is 257 g/mol. The van der Waals surface area contributed by atoms with Gasteiger partial charge in [-0.2, -0.15) is 13.2 Å². The molecule has 1 rings (SSSR count). The van der Waals surface area contributed by atoms with Gasteiger partial charge in [0.15, 0.2) is 0 Å². The van der Waals surface area contributed by atoms with Gasteiger partial charge in [-0.1, -0.05) is 33.8 Å². The number of carbonyl (C=O) groups excluding carboxylic acids is 1. The van der Waals surface area contributed by atoms with Crippen LogP contribution in [0.1, 0.15) is 40.0 Å². The normalized spacial score (nSPS) is 28.3. The van der Waals surface area contributed by atoms with Gasteiger partial charge in [0.25, 0.3) is 0 Å². The van der Waals surface area contributed by atoms with E-state index in [1.54, 1.807) is 0 Å². The minimum absolute atomic E-state index is 0.126. The highest BCUT2D eigenvalue weighted by Gasteiger charge is 2.40. The van der Waals surface area contributed by atoms with E-state index in [2.05, 4.69) is 6.58 Å². The van der Waals surface area contributed by atoms with Crippen molar-refractivity contribution in [3.05, 3.63) is 12.2 Å². The molecule has 1 aliphatic carbocycles. The minimum atomic E-state index is -4.72. The summed E-state index contributed by atoms with van der Waals surface area (Å²) in [5.74, 6) is -0.560. The Hall–Kier alpha value is -1.00. The van der Waals surface area contributed by atoms with Crippen molar-refractivity contribution >= 4 is 5.97 Å². The predicted octanol–water partition coefficient (Wildman–Crippen LogP) is 4.11. The number of esters is 1. The number of ether oxygens (including phenoxy) is 1. The number of hydrogen-bond acceptors (Lipinski definition) is 2. The van der Waals surface area contributed by atoms with Gasteiger partial charge in [0.2, 0.25) is 0 Å². The zero-order valence-electron chi connectivity index (χ0n) is 11.6. The first-order valence-corrected chi connectivity index (χ1v) is 6.60. The van der Waals surface area contributed by atoms with Crippen LogP contribution in [-0.2, 0) is 9.53 Å². The Bertz CT molecular complexity index is 347. The highest BCUT2D eigenvalue weighted by Crippen LogP contribution is 2.36. The van der Waals surface area contributed by atoms with Crippen molar-refractivity contribution < 1.29 is 22.7 Å². The molecule has 0 aromatic heterocycles. The maximum atomic E-state index is 12.4. The third-order valence-electron chi connectivity index (χ3n) is 3.81. The second kappa shape index (κ2) is 5.97. The number of carbonyl (C=O) groups is 1. The van der Waals surface area contributed by atoms with Crippen LogP contribution in [0.15, 0.2) is 12.2 Å². The van der Waals surface area contributed by atoms with Gasteiger partial charge < -0.3 is 4.74 Å². The Balaban J connectivity index is 2.71. The maximum absolute atomic E-state index is 12.4. The van der Waals surface area contributed by atoms with Crippen LogP contribution in [-0.4, -0.2) is 18.2 Å². The zero-order valence-corrected chi connectivity index (χ0v) is 11.6. The Morgan fingerprint density at radius 1 is 1.32 bits per heavy atom. The van der Waals surface area contributed by atoms with Gasteiger partial charge in [0, 0.05) is 0 Å². The lowest BCUT2D eigenvalue weighted by Gasteiger charge is -2.36. The molecule has 0 saturated heterocycles. The smallest absolute Gasteiger partial charge is 0.422 e. The lowest BCUT2D eigenvalue weighted by Crippen LogP contribution is -2.37. The van der Waals surface area contributed by atoms with Gasteiger partial charge in [-0.15, -0.1) is 0 Å². The van der Waals surface area contributed by atoms with Gasteiger partial charge in [-0.25, -0.2) is 4.79 Å². The fourth-order valence-electron chi connectivity index (χ4n) is 2.57. The highest BCUT2D eigenvalue weighted by molar-refractivity contribution is 5.89. The lowest BCUT2D eigenvalue weighted by molar-refractivity contribution is -0.161. The fourth-order valence-corrected chi connectivity index (χ4v) is 2.57. The van der Waals surface area contributed by atoms with E-state index >= 15 is 0 Å². The topological polar surface area (TPSA) is 26.3 Å². The first kappa shape index (κ1) is 16.1. The number of alkyl halides is 3. The number of halogens is 3. The van der Waals surface area contributed by atoms with E-state index in [1.165, 1.54) is 0 Å². The summed E-state index contributed by atoms with van der Waals surface area (Å²) < 4.78 is 42.2. The summed E-state index contributed by atoms with van der Waals surface area (Å²) in [4.78, 5) is 11.5. The molecule has 1 fully saturated rings. The van der Waals surface area contributed by atoms with Crippen LogP contribution in [0.3, 0.4) is 0 Å². The van der Waals surface area contributed by atoms with Crippen molar-refractivity contribution in [2.45, 2.75) is 52.3 Å². The molecule has 0 aromatic rings. The molecule has 19 heavy (non-hydrogen) atoms. The second-order valence-corrected chi connectivity index (χ2v) is 5.75. The standard InChI is InChI=1S/C14H21F3O2/c1-8(2)11-6-5-9(3)7-12(11)19-13(18)10(4)14(15,16)17/h8-9,11-12H,4-7H2,1-3H3/t9-,11+,12-/m1/s1. The first-order valence-electron chi connectivity index (χ1n) is 6.60. The number of hydrogen-bond donors (Lipinski definition) is 0. The summed E-state index contributed by atoms with van der Waals surface area (Å²) in [7, 11) is 0. The molecule has 2 nitrogen and oxygen atoms in total. The van der Waals surface area contributed by atoms with Crippen molar-refractivity contribution in [2.24, 2.45) is 17.8 Å². The third-order valence-corrected chi connectivity index (χ3v) is 3.81. The van der Waals surface area contributed by atoms with Crippen LogP contribution in [0.5, 0.6) is 0 Å². The molecule has 0 heterocycles. The zero-order chi connectivity index (χ0) is 14.8. The molecule has 0 radical (unpaired) electrons. The van der Waals surface area contributed by atoms with E-state index in [9.17, 15) is 18.0 Å². The molecule has 110 valence electrons. The quantitative estimate of drug-likeness (QED) is 0.573. The summed E-state index contributed by atoms with van der Waals surface area (Å²) in [5, 5.41) is 0. The van der Waals surface area contributed by atoms with Gasteiger partial charge in [0.05, 0.1) is 0 Å². The van der Waals surface area contributed by atoms with Gasteiger partial charge in [0.1, 0.15) is 11.7 Å². The largest absolute Gasteiger partial charge is 0.458 e. The molecule has 5 heteroatoms. The fraction of sp³-hybridized carbons (Fsp3) is 0.786. The molecule has 0 spiro atoms. The molecule has 0 amide bonds. The molecule has 0 N–H and O–H groups in total. The van der Waals surface area contributed by atoms with Crippen molar-refractivity contribution in [3.63, 3.8) is 0 Å². The Labute approximate surface area is 112 Å². The maximum Gasteiger partial charge on any atom is 0.422 e. The average molecular weight is 278 g/mol. The molecule has 3 atom stereocenters. The highest BCUT2D eigenvalue weighted by atomic mass is 19.4. The van der Waals surface area contributed by atoms with Gasteiger partial charge in [-0.3, -0.25) is 0 Å². The third kappa shape index (κ3) is 4.25. The number of rotatable bonds is 3. The lowest BCUT2D eigenvalue weighted by atomic mass is 9.75. The molecule has 0 bridgehead atoms. The van der Waals surface area contributed by atoms with Gasteiger partial charge in [-0.05, 0) is 30.6 Å². The monoisotopic (exact) mass is 278 g/mol. The van der Waals surface area contributed by atoms with E-state index in [0.29, 0.717) is 12.3 Å². The molecule has 1 aliphatic rings. The van der Waals surface area contributed by atoms with Crippen LogP contribution in [0.25, 0.3) is 0 Å². The van der Waals surface area contributed by atoms with Crippen LogP contribution in [0.4, 0.5) is 13.2 Å². The molecule has 1 saturated carbocycles. The Kier molecular flexibility index (Phi) is 5.04. The van der Waals surface area contributed by atoms with Gasteiger partial charge >= 0.3 is 12.1 Å². The second-order valence-electron chi connectivity index (χ2n) is 5.75. The summed E-state index contributed by atoms with van der Waals surface area (Å²) in [6.07, 6.45) is -2.62. The summed E-state index contributed by atoms with van der Waals surface area (Å²) in [5.41, 5.74) is -1.42. The van der Waals surface area contributed by atoms with Crippen molar-refractivity contribution in [1.82, 2.24) is 0 Å². The minimum Gasteiger partial charge on any atom is -0.458 e. The van der Waals surface area contributed by atoms with Crippen LogP contribution in [0.2, 0.25) is 0 Å². The SMILES string of the molecule is C=C(C(=O)O[C@@H]1C[C@H](C)CC[C@H]1C(C)C)C(F)(F)F. The Morgan fingerprint density at radius 2 is 1.89 bits per heavy atom. The van der Waals surface area contributed by atoms with E-state index in [0.717, 1.165) is 12.8 Å². The van der Waals surface area contributed by atoms with Crippen LogP contribution >= 0.6 is 0 Å².